The highest BCUT2D eigenvalue weighted by Crippen LogP contribution is 2.66. The largest absolute Gasteiger partial charge is 0.504 e. The van der Waals surface area contributed by atoms with E-state index in [-0.39, 0.29) is 39.8 Å². The zero-order chi connectivity index (χ0) is 19.8. The van der Waals surface area contributed by atoms with Gasteiger partial charge in [-0.05, 0) is 74.7 Å². The Kier molecular flexibility index (Phi) is 4.05. The van der Waals surface area contributed by atoms with E-state index < -0.39 is 5.79 Å². The lowest BCUT2D eigenvalue weighted by atomic mass is 9.43. The lowest BCUT2D eigenvalue weighted by molar-refractivity contribution is -0.169. The molecule has 1 N–H and O–H groups in total. The molecule has 0 spiro atoms. The first kappa shape index (κ1) is 19.2. The summed E-state index contributed by atoms with van der Waals surface area (Å²) in [5, 5.41) is 10.3. The summed E-state index contributed by atoms with van der Waals surface area (Å²) in [5.41, 5.74) is 0.532. The second-order valence-corrected chi connectivity index (χ2v) is 10.7. The lowest BCUT2D eigenvalue weighted by Crippen LogP contribution is -2.56. The van der Waals surface area contributed by atoms with Gasteiger partial charge in [0, 0.05) is 11.0 Å². The van der Waals surface area contributed by atoms with E-state index >= 15 is 0 Å². The fourth-order valence-electron chi connectivity index (χ4n) is 6.54. The van der Waals surface area contributed by atoms with E-state index in [1.807, 2.05) is 19.9 Å². The van der Waals surface area contributed by atoms with Crippen LogP contribution in [0.15, 0.2) is 24.0 Å². The molecule has 0 aromatic heterocycles. The minimum atomic E-state index is -0.491. The van der Waals surface area contributed by atoms with Gasteiger partial charge < -0.3 is 14.6 Å². The summed E-state index contributed by atoms with van der Waals surface area (Å²) in [6.45, 7) is 15.6. The summed E-state index contributed by atoms with van der Waals surface area (Å²) in [7, 11) is 0. The number of rotatable bonds is 1. The Bertz CT molecular complexity index is 722. The van der Waals surface area contributed by atoms with Crippen LogP contribution >= 0.6 is 0 Å². The average molecular weight is 375 g/mol. The highest BCUT2D eigenvalue weighted by Gasteiger charge is 2.60. The number of hydrogen-bond acceptors (Lipinski definition) is 4. The van der Waals surface area contributed by atoms with Crippen molar-refractivity contribution < 1.29 is 19.4 Å². The first-order valence-electron chi connectivity index (χ1n) is 10.4. The summed E-state index contributed by atoms with van der Waals surface area (Å²) >= 11 is 0. The predicted octanol–water partition coefficient (Wildman–Crippen LogP) is 4.95. The molecule has 2 saturated carbocycles. The molecule has 0 aromatic carbocycles. The maximum absolute atomic E-state index is 12.3. The van der Waals surface area contributed by atoms with Crippen molar-refractivity contribution in [3.8, 4) is 0 Å². The number of fused-ring (bicyclic) bond motifs is 3. The fourth-order valence-corrected chi connectivity index (χ4v) is 6.54. The van der Waals surface area contributed by atoms with Crippen LogP contribution in [0.4, 0.5) is 0 Å². The first-order chi connectivity index (χ1) is 12.4. The molecule has 0 bridgehead atoms. The molecule has 1 heterocycles. The molecule has 3 aliphatic carbocycles. The van der Waals surface area contributed by atoms with Gasteiger partial charge in [-0.25, -0.2) is 0 Å². The Labute approximate surface area is 163 Å². The van der Waals surface area contributed by atoms with Gasteiger partial charge in [-0.3, -0.25) is 4.79 Å². The van der Waals surface area contributed by atoms with Crippen molar-refractivity contribution in [1.29, 1.82) is 0 Å². The molecule has 4 nitrogen and oxygen atoms in total. The van der Waals surface area contributed by atoms with Crippen LogP contribution in [0.25, 0.3) is 0 Å². The molecular formula is C23H34O4. The highest BCUT2D eigenvalue weighted by atomic mass is 16.7. The van der Waals surface area contributed by atoms with Crippen molar-refractivity contribution in [2.45, 2.75) is 78.6 Å². The van der Waals surface area contributed by atoms with Gasteiger partial charge in [0.25, 0.3) is 0 Å². The first-order valence-corrected chi connectivity index (χ1v) is 10.4. The molecule has 0 amide bonds. The predicted molar refractivity (Wildman–Crippen MR) is 104 cm³/mol. The van der Waals surface area contributed by atoms with E-state index in [0.29, 0.717) is 18.1 Å². The second-order valence-electron chi connectivity index (χ2n) is 10.7. The number of ether oxygens (including phenoxy) is 2. The monoisotopic (exact) mass is 374 g/mol. The molecule has 150 valence electrons. The molecule has 0 unspecified atom stereocenters. The van der Waals surface area contributed by atoms with E-state index in [1.54, 1.807) is 0 Å². The van der Waals surface area contributed by atoms with E-state index in [4.69, 9.17) is 9.47 Å². The van der Waals surface area contributed by atoms with Crippen LogP contribution in [0.5, 0.6) is 0 Å². The Balaban J connectivity index is 1.63. The van der Waals surface area contributed by atoms with Crippen LogP contribution in [0, 0.1) is 28.1 Å². The van der Waals surface area contributed by atoms with Gasteiger partial charge >= 0.3 is 0 Å². The van der Waals surface area contributed by atoms with Crippen LogP contribution in [-0.2, 0) is 14.3 Å². The number of ketones is 1. The van der Waals surface area contributed by atoms with Gasteiger partial charge in [-0.2, -0.15) is 0 Å². The van der Waals surface area contributed by atoms with Crippen LogP contribution < -0.4 is 0 Å². The van der Waals surface area contributed by atoms with Crippen LogP contribution in [0.2, 0.25) is 0 Å². The third kappa shape index (κ3) is 2.66. The molecule has 4 rings (SSSR count). The molecule has 4 aliphatic rings. The van der Waals surface area contributed by atoms with Crippen molar-refractivity contribution in [3.63, 3.8) is 0 Å². The smallest absolute Gasteiger partial charge is 0.222 e. The molecule has 4 heteroatoms. The number of aliphatic hydroxyl groups excluding tert-OH is 1. The normalized spacial score (nSPS) is 49.4. The Morgan fingerprint density at radius 2 is 1.85 bits per heavy atom. The molecule has 0 radical (unpaired) electrons. The van der Waals surface area contributed by atoms with Crippen molar-refractivity contribution in [3.05, 3.63) is 24.0 Å². The standard InChI is InChI=1S/C23H34O4/c1-14-19(25)16(24)11-17-22(14,5)8-7-15-12-21(4,9-10-23(15,17)6)18-13-26-20(2,3)27-18/h11,15,17-18,24H,1,7-10,12-13H2,2-6H3/t15-,17-,18-,21-,22+,23-/m0/s1. The van der Waals surface area contributed by atoms with Gasteiger partial charge in [0.1, 0.15) is 0 Å². The maximum Gasteiger partial charge on any atom is 0.222 e. The number of carbonyl (C=O) groups excluding carboxylic acids is 1. The van der Waals surface area contributed by atoms with E-state index in [0.717, 1.165) is 32.1 Å². The molecule has 1 saturated heterocycles. The SMILES string of the molecule is C=C1C(=O)C(O)=C[C@@H]2[C@@]3(C)CC[C@](C)([C@@H]4COC(C)(C)O4)C[C@@H]3CC[C@]12C. The molecule has 1 aliphatic heterocycles. The maximum atomic E-state index is 12.3. The van der Waals surface area contributed by atoms with Crippen molar-refractivity contribution >= 4 is 5.78 Å². The number of hydrogen-bond donors (Lipinski definition) is 1. The summed E-state index contributed by atoms with van der Waals surface area (Å²) in [5.74, 6) is -0.153. The third-order valence-corrected chi connectivity index (χ3v) is 8.60. The Morgan fingerprint density at radius 3 is 2.48 bits per heavy atom. The molecule has 3 fully saturated rings. The molecular weight excluding hydrogens is 340 g/mol. The summed E-state index contributed by atoms with van der Waals surface area (Å²) in [6, 6.07) is 0. The quantitative estimate of drug-likeness (QED) is 0.660. The third-order valence-electron chi connectivity index (χ3n) is 8.60. The number of Topliss-reactive ketones (excluding diaryl/α,β-unsaturated/α-hetero) is 1. The van der Waals surface area contributed by atoms with Crippen molar-refractivity contribution in [1.82, 2.24) is 0 Å². The fraction of sp³-hybridized carbons (Fsp3) is 0.783. The van der Waals surface area contributed by atoms with Gasteiger partial charge in [-0.1, -0.05) is 27.4 Å². The van der Waals surface area contributed by atoms with Gasteiger partial charge in [-0.15, -0.1) is 0 Å². The zero-order valence-corrected chi connectivity index (χ0v) is 17.4. The second kappa shape index (κ2) is 5.70. The number of allylic oxidation sites excluding steroid dienone is 2. The lowest BCUT2D eigenvalue weighted by Gasteiger charge is -2.61. The number of carbonyl (C=O) groups is 1. The van der Waals surface area contributed by atoms with E-state index in [1.165, 1.54) is 0 Å². The summed E-state index contributed by atoms with van der Waals surface area (Å²) in [6.07, 6.45) is 7.29. The van der Waals surface area contributed by atoms with Gasteiger partial charge in [0.2, 0.25) is 5.78 Å². The van der Waals surface area contributed by atoms with Crippen LogP contribution in [-0.4, -0.2) is 29.4 Å². The van der Waals surface area contributed by atoms with E-state index in [2.05, 4.69) is 27.4 Å². The van der Waals surface area contributed by atoms with Crippen LogP contribution in [0.3, 0.4) is 0 Å². The van der Waals surface area contributed by atoms with Crippen LogP contribution in [0.1, 0.15) is 66.7 Å². The highest BCUT2D eigenvalue weighted by molar-refractivity contribution is 6.08. The average Bonchev–Trinajstić information content (AvgIpc) is 2.97. The minimum Gasteiger partial charge on any atom is -0.504 e. The molecule has 0 aromatic rings. The Morgan fingerprint density at radius 1 is 1.15 bits per heavy atom. The molecule has 27 heavy (non-hydrogen) atoms. The van der Waals surface area contributed by atoms with Gasteiger partial charge in [0.05, 0.1) is 12.7 Å². The topological polar surface area (TPSA) is 55.8 Å². The number of aliphatic hydroxyl groups is 1. The minimum absolute atomic E-state index is 0.0686. The summed E-state index contributed by atoms with van der Waals surface area (Å²) in [4.78, 5) is 12.3. The van der Waals surface area contributed by atoms with E-state index in [9.17, 15) is 9.90 Å². The van der Waals surface area contributed by atoms with Gasteiger partial charge in [0.15, 0.2) is 11.5 Å². The Hall–Kier alpha value is -1.13. The van der Waals surface area contributed by atoms with Crippen molar-refractivity contribution in [2.24, 2.45) is 28.1 Å². The summed E-state index contributed by atoms with van der Waals surface area (Å²) < 4.78 is 12.1. The van der Waals surface area contributed by atoms with Crippen molar-refractivity contribution in [2.75, 3.05) is 6.61 Å². The zero-order valence-electron chi connectivity index (χ0n) is 17.4. The molecule has 6 atom stereocenters.